The van der Waals surface area contributed by atoms with Gasteiger partial charge in [0.1, 0.15) is 30.5 Å². The second-order valence-electron chi connectivity index (χ2n) is 11.0. The van der Waals surface area contributed by atoms with Crippen LogP contribution in [0, 0.1) is 6.92 Å². The van der Waals surface area contributed by atoms with Crippen LogP contribution >= 0.6 is 46.3 Å². The molecule has 1 N–H and O–H groups in total. The Morgan fingerprint density at radius 2 is 1.71 bits per heavy atom. The molecule has 1 aliphatic rings. The van der Waals surface area contributed by atoms with Crippen LogP contribution in [0.1, 0.15) is 33.9 Å². The number of aliphatic hydroxyl groups is 1. The normalized spacial score (nSPS) is 15.4. The molecule has 2 heterocycles. The van der Waals surface area contributed by atoms with E-state index >= 15 is 0 Å². The molecule has 0 aliphatic carbocycles. The van der Waals surface area contributed by atoms with Gasteiger partial charge in [0.25, 0.3) is 5.78 Å². The predicted molar refractivity (Wildman–Crippen MR) is 195 cm³/mol. The topological polar surface area (TPSA) is 102 Å². The largest absolute Gasteiger partial charge is 0.507 e. The molecule has 0 spiro atoms. The fourth-order valence-electron chi connectivity index (χ4n) is 5.22. The van der Waals surface area contributed by atoms with E-state index in [4.69, 9.17) is 32.7 Å². The summed E-state index contributed by atoms with van der Waals surface area (Å²) < 4.78 is 12.1. The highest BCUT2D eigenvalue weighted by molar-refractivity contribution is 8.00. The smallest absolute Gasteiger partial charge is 0.301 e. The molecule has 4 aromatic carbocycles. The number of anilines is 1. The van der Waals surface area contributed by atoms with E-state index in [1.54, 1.807) is 66.7 Å². The Hall–Kier alpha value is -4.61. The Morgan fingerprint density at radius 1 is 0.980 bits per heavy atom. The number of halogens is 2. The summed E-state index contributed by atoms with van der Waals surface area (Å²) >= 11 is 14.9. The summed E-state index contributed by atoms with van der Waals surface area (Å²) in [4.78, 5) is 28.7. The minimum Gasteiger partial charge on any atom is -0.507 e. The fourth-order valence-corrected chi connectivity index (χ4v) is 7.64. The number of ketones is 1. The molecule has 0 bridgehead atoms. The number of Topliss-reactive ketones (excluding diaryl/α,β-unsaturated/α-hetero) is 1. The van der Waals surface area contributed by atoms with Crippen LogP contribution < -0.4 is 14.4 Å². The molecule has 248 valence electrons. The van der Waals surface area contributed by atoms with Crippen molar-refractivity contribution in [1.29, 1.82) is 0 Å². The molecular weight excluding hydrogens is 701 g/mol. The van der Waals surface area contributed by atoms with Crippen LogP contribution in [0.5, 0.6) is 11.5 Å². The monoisotopic (exact) mass is 729 g/mol. The fraction of sp³-hybridized carbons (Fsp3) is 0.135. The first kappa shape index (κ1) is 34.3. The zero-order valence-electron chi connectivity index (χ0n) is 26.1. The summed E-state index contributed by atoms with van der Waals surface area (Å²) in [6, 6.07) is 26.0. The molecule has 0 saturated carbocycles. The number of ether oxygens (including phenoxy) is 2. The lowest BCUT2D eigenvalue weighted by Gasteiger charge is -2.22. The van der Waals surface area contributed by atoms with Gasteiger partial charge in [0, 0.05) is 21.4 Å². The minimum atomic E-state index is -0.984. The van der Waals surface area contributed by atoms with Crippen molar-refractivity contribution in [1.82, 2.24) is 10.2 Å². The van der Waals surface area contributed by atoms with E-state index < -0.39 is 17.7 Å². The zero-order valence-corrected chi connectivity index (χ0v) is 29.3. The summed E-state index contributed by atoms with van der Waals surface area (Å²) in [7, 11) is 0. The molecule has 1 aliphatic heterocycles. The van der Waals surface area contributed by atoms with Crippen LogP contribution in [-0.2, 0) is 21.9 Å². The Morgan fingerprint density at radius 3 is 2.43 bits per heavy atom. The summed E-state index contributed by atoms with van der Waals surface area (Å²) in [5.74, 6) is -0.332. The van der Waals surface area contributed by atoms with Gasteiger partial charge in [-0.3, -0.25) is 14.5 Å². The maximum Gasteiger partial charge on any atom is 0.301 e. The van der Waals surface area contributed by atoms with Gasteiger partial charge in [-0.05, 0) is 72.1 Å². The highest BCUT2D eigenvalue weighted by Crippen LogP contribution is 2.44. The van der Waals surface area contributed by atoms with Crippen LogP contribution in [0.25, 0.3) is 5.76 Å². The first-order valence-electron chi connectivity index (χ1n) is 15.1. The number of benzene rings is 4. The number of amides is 1. The van der Waals surface area contributed by atoms with Gasteiger partial charge in [0.15, 0.2) is 4.34 Å². The lowest BCUT2D eigenvalue weighted by molar-refractivity contribution is -0.132. The van der Waals surface area contributed by atoms with Crippen molar-refractivity contribution in [3.63, 3.8) is 0 Å². The number of hydrogen-bond acceptors (Lipinski definition) is 9. The number of aromatic nitrogens is 2. The van der Waals surface area contributed by atoms with Crippen LogP contribution in [0.3, 0.4) is 0 Å². The third kappa shape index (κ3) is 7.84. The quantitative estimate of drug-likeness (QED) is 0.0339. The molecule has 6 rings (SSSR count). The van der Waals surface area contributed by atoms with Gasteiger partial charge >= 0.3 is 5.91 Å². The molecule has 1 amide bonds. The third-order valence-corrected chi connectivity index (χ3v) is 10.3. The average molecular weight is 731 g/mol. The Bertz CT molecular complexity index is 2050. The van der Waals surface area contributed by atoms with Crippen LogP contribution in [0.15, 0.2) is 114 Å². The molecule has 1 unspecified atom stereocenters. The summed E-state index contributed by atoms with van der Waals surface area (Å²) in [6.45, 7) is 6.38. The standard InChI is InChI=1S/C37H29Cl2N3O5S2/c1-3-17-46-28-13-8-24(9-14-28)32-31(33(43)25-10-15-29(16-11-25)47-20-23-6-4-5-22(2)18-23)34(44)35(45)42(32)36-40-41-37(49-36)48-21-26-7-12-27(38)19-30(26)39/h3-16,18-19,32,43H,1,17,20-21H2,2H3. The maximum absolute atomic E-state index is 13.7. The second-order valence-corrected chi connectivity index (χ2v) is 14.0. The molecule has 1 atom stereocenters. The van der Waals surface area contributed by atoms with Crippen molar-refractivity contribution in [3.8, 4) is 11.5 Å². The van der Waals surface area contributed by atoms with Crippen LogP contribution in [0.2, 0.25) is 10.0 Å². The van der Waals surface area contributed by atoms with Gasteiger partial charge in [0.2, 0.25) is 5.13 Å². The van der Waals surface area contributed by atoms with Crippen molar-refractivity contribution in [2.24, 2.45) is 0 Å². The van der Waals surface area contributed by atoms with Gasteiger partial charge < -0.3 is 14.6 Å². The van der Waals surface area contributed by atoms with Crippen molar-refractivity contribution in [2.75, 3.05) is 11.5 Å². The van der Waals surface area contributed by atoms with E-state index in [0.717, 1.165) is 28.0 Å². The number of carbonyl (C=O) groups excluding carboxylic acids is 2. The number of thioether (sulfide) groups is 1. The molecular formula is C37H29Cl2N3O5S2. The molecule has 1 aromatic heterocycles. The summed E-state index contributed by atoms with van der Waals surface area (Å²) in [5, 5.41) is 21.4. The lowest BCUT2D eigenvalue weighted by Crippen LogP contribution is -2.29. The SMILES string of the molecule is C=CCOc1ccc(C2C(=C(O)c3ccc(OCc4cccc(C)c4)cc3)C(=O)C(=O)N2c2nnc(SCc3ccc(Cl)cc3Cl)s2)cc1. The first-order valence-corrected chi connectivity index (χ1v) is 17.6. The number of aryl methyl sites for hydroxylation is 1. The van der Waals surface area contributed by atoms with Gasteiger partial charge in [-0.1, -0.05) is 107 Å². The molecule has 8 nitrogen and oxygen atoms in total. The highest BCUT2D eigenvalue weighted by Gasteiger charge is 2.48. The Kier molecular flexibility index (Phi) is 10.7. The zero-order chi connectivity index (χ0) is 34.5. The molecule has 0 radical (unpaired) electrons. The van der Waals surface area contributed by atoms with Gasteiger partial charge in [-0.2, -0.15) is 0 Å². The van der Waals surface area contributed by atoms with Gasteiger partial charge in [-0.25, -0.2) is 0 Å². The van der Waals surface area contributed by atoms with Crippen molar-refractivity contribution >= 4 is 68.9 Å². The highest BCUT2D eigenvalue weighted by atomic mass is 35.5. The minimum absolute atomic E-state index is 0.0736. The number of aliphatic hydroxyl groups excluding tert-OH is 1. The average Bonchev–Trinajstić information content (AvgIpc) is 3.67. The number of rotatable bonds is 12. The number of carbonyl (C=O) groups is 2. The molecule has 49 heavy (non-hydrogen) atoms. The van der Waals surface area contributed by atoms with Gasteiger partial charge in [-0.15, -0.1) is 10.2 Å². The van der Waals surface area contributed by atoms with Crippen molar-refractivity contribution < 1.29 is 24.2 Å². The first-order chi connectivity index (χ1) is 23.7. The predicted octanol–water partition coefficient (Wildman–Crippen LogP) is 9.22. The van der Waals surface area contributed by atoms with Gasteiger partial charge in [0.05, 0.1) is 11.6 Å². The molecule has 12 heteroatoms. The van der Waals surface area contributed by atoms with E-state index in [1.165, 1.54) is 16.7 Å². The van der Waals surface area contributed by atoms with Crippen LogP contribution in [0.4, 0.5) is 5.13 Å². The van der Waals surface area contributed by atoms with E-state index in [-0.39, 0.29) is 16.5 Å². The molecule has 1 saturated heterocycles. The third-order valence-electron chi connectivity index (χ3n) is 7.59. The van der Waals surface area contributed by atoms with E-state index in [0.29, 0.717) is 56.0 Å². The Balaban J connectivity index is 1.30. The van der Waals surface area contributed by atoms with E-state index in [2.05, 4.69) is 16.8 Å². The summed E-state index contributed by atoms with van der Waals surface area (Å²) in [6.07, 6.45) is 1.63. The number of nitrogens with zero attached hydrogens (tertiary/aromatic N) is 3. The van der Waals surface area contributed by atoms with Crippen molar-refractivity contribution in [3.05, 3.63) is 147 Å². The van der Waals surface area contributed by atoms with E-state index in [1.807, 2.05) is 37.3 Å². The number of hydrogen-bond donors (Lipinski definition) is 1. The summed E-state index contributed by atoms with van der Waals surface area (Å²) in [5.41, 5.74) is 3.87. The molecule has 1 fully saturated rings. The second kappa shape index (κ2) is 15.3. The Labute approximate surface area is 301 Å². The van der Waals surface area contributed by atoms with Crippen LogP contribution in [-0.4, -0.2) is 33.6 Å². The lowest BCUT2D eigenvalue weighted by atomic mass is 9.95. The maximum atomic E-state index is 13.7. The van der Waals surface area contributed by atoms with Crippen molar-refractivity contribution in [2.45, 2.75) is 29.7 Å². The molecule has 5 aromatic rings. The van der Waals surface area contributed by atoms with E-state index in [9.17, 15) is 14.7 Å².